The monoisotopic (exact) mass is 279 g/mol. The summed E-state index contributed by atoms with van der Waals surface area (Å²) in [6, 6.07) is 2.02. The van der Waals surface area contributed by atoms with Gasteiger partial charge in [-0.1, -0.05) is 0 Å². The maximum Gasteiger partial charge on any atom is 0.160 e. The van der Waals surface area contributed by atoms with Gasteiger partial charge in [-0.05, 0) is 39.2 Å². The molecule has 5 nitrogen and oxygen atoms in total. The highest BCUT2D eigenvalue weighted by Crippen LogP contribution is 2.32. The van der Waals surface area contributed by atoms with E-state index in [0.29, 0.717) is 6.61 Å². The number of aromatic nitrogens is 2. The van der Waals surface area contributed by atoms with E-state index in [1.54, 1.807) is 7.11 Å². The molecule has 0 aromatic carbocycles. The Morgan fingerprint density at radius 3 is 2.95 bits per heavy atom. The number of methoxy groups -OCH3 is 1. The van der Waals surface area contributed by atoms with Crippen molar-refractivity contribution in [3.8, 4) is 0 Å². The predicted molar refractivity (Wildman–Crippen MR) is 77.5 cm³/mol. The number of ether oxygens (including phenoxy) is 2. The van der Waals surface area contributed by atoms with Gasteiger partial charge < -0.3 is 14.8 Å². The fourth-order valence-corrected chi connectivity index (χ4v) is 2.46. The Morgan fingerprint density at radius 1 is 1.40 bits per heavy atom. The quantitative estimate of drug-likeness (QED) is 0.806. The van der Waals surface area contributed by atoms with Crippen molar-refractivity contribution in [3.63, 3.8) is 0 Å². The summed E-state index contributed by atoms with van der Waals surface area (Å²) in [5.74, 6) is 0.820. The molecule has 0 radical (unpaired) electrons. The van der Waals surface area contributed by atoms with E-state index < -0.39 is 0 Å². The maximum absolute atomic E-state index is 5.94. The molecule has 112 valence electrons. The third kappa shape index (κ3) is 3.98. The fourth-order valence-electron chi connectivity index (χ4n) is 2.46. The summed E-state index contributed by atoms with van der Waals surface area (Å²) in [7, 11) is 1.70. The number of rotatable bonds is 6. The van der Waals surface area contributed by atoms with Crippen molar-refractivity contribution in [1.82, 2.24) is 15.3 Å². The van der Waals surface area contributed by atoms with Crippen LogP contribution >= 0.6 is 0 Å². The van der Waals surface area contributed by atoms with Crippen LogP contribution in [0.1, 0.15) is 43.4 Å². The van der Waals surface area contributed by atoms with E-state index in [9.17, 15) is 0 Å². The Bertz CT molecular complexity index is 431. The third-order valence-electron chi connectivity index (χ3n) is 3.64. The smallest absolute Gasteiger partial charge is 0.160 e. The van der Waals surface area contributed by atoms with Crippen LogP contribution in [-0.4, -0.2) is 36.8 Å². The van der Waals surface area contributed by atoms with E-state index in [1.807, 2.05) is 13.0 Å². The predicted octanol–water partition coefficient (Wildman–Crippen LogP) is 1.94. The van der Waals surface area contributed by atoms with E-state index in [4.69, 9.17) is 9.47 Å². The van der Waals surface area contributed by atoms with Crippen molar-refractivity contribution < 1.29 is 9.47 Å². The normalized spacial score (nSPS) is 22.9. The molecular weight excluding hydrogens is 254 g/mol. The second-order valence-corrected chi connectivity index (χ2v) is 5.53. The summed E-state index contributed by atoms with van der Waals surface area (Å²) in [6.07, 6.45) is 3.30. The van der Waals surface area contributed by atoms with E-state index in [-0.39, 0.29) is 5.60 Å². The number of hydrogen-bond acceptors (Lipinski definition) is 5. The topological polar surface area (TPSA) is 56.3 Å². The van der Waals surface area contributed by atoms with Gasteiger partial charge in [-0.15, -0.1) is 0 Å². The molecule has 0 bridgehead atoms. The summed E-state index contributed by atoms with van der Waals surface area (Å²) >= 11 is 0. The van der Waals surface area contributed by atoms with Gasteiger partial charge in [0.2, 0.25) is 0 Å². The van der Waals surface area contributed by atoms with Crippen molar-refractivity contribution in [2.75, 3.05) is 26.9 Å². The minimum atomic E-state index is -0.328. The highest BCUT2D eigenvalue weighted by Gasteiger charge is 2.33. The molecule has 0 saturated carbocycles. The van der Waals surface area contributed by atoms with Crippen LogP contribution in [-0.2, 0) is 21.6 Å². The molecule has 1 N–H and O–H groups in total. The molecule has 1 aromatic rings. The number of aryl methyl sites for hydroxylation is 1. The van der Waals surface area contributed by atoms with Crippen LogP contribution in [0.2, 0.25) is 0 Å². The highest BCUT2D eigenvalue weighted by molar-refractivity contribution is 5.14. The molecule has 20 heavy (non-hydrogen) atoms. The second-order valence-electron chi connectivity index (χ2n) is 5.53. The first-order valence-corrected chi connectivity index (χ1v) is 7.33. The van der Waals surface area contributed by atoms with Crippen molar-refractivity contribution in [2.45, 2.75) is 45.3 Å². The van der Waals surface area contributed by atoms with Crippen molar-refractivity contribution in [1.29, 1.82) is 0 Å². The minimum Gasteiger partial charge on any atom is -0.383 e. The molecule has 0 spiro atoms. The average Bonchev–Trinajstić information content (AvgIpc) is 2.44. The molecule has 1 aliphatic heterocycles. The maximum atomic E-state index is 5.94. The highest BCUT2D eigenvalue weighted by atomic mass is 16.5. The lowest BCUT2D eigenvalue weighted by Crippen LogP contribution is -2.33. The van der Waals surface area contributed by atoms with Crippen LogP contribution in [0.3, 0.4) is 0 Å². The molecule has 1 aromatic heterocycles. The number of hydrogen-bond donors (Lipinski definition) is 1. The zero-order valence-corrected chi connectivity index (χ0v) is 12.7. The van der Waals surface area contributed by atoms with E-state index in [1.165, 1.54) is 6.42 Å². The zero-order chi connectivity index (χ0) is 14.4. The van der Waals surface area contributed by atoms with Gasteiger partial charge in [0, 0.05) is 32.5 Å². The zero-order valence-electron chi connectivity index (χ0n) is 12.7. The molecule has 1 atom stereocenters. The van der Waals surface area contributed by atoms with Crippen LogP contribution in [0.5, 0.6) is 0 Å². The summed E-state index contributed by atoms with van der Waals surface area (Å²) in [5.41, 5.74) is 1.68. The number of nitrogens with one attached hydrogen (secondary N) is 1. The Balaban J connectivity index is 2.07. The van der Waals surface area contributed by atoms with Gasteiger partial charge in [0.15, 0.2) is 5.82 Å². The minimum absolute atomic E-state index is 0.328. The Morgan fingerprint density at radius 2 is 2.25 bits per heavy atom. The average molecular weight is 279 g/mol. The first-order valence-electron chi connectivity index (χ1n) is 7.33. The van der Waals surface area contributed by atoms with Gasteiger partial charge in [0.25, 0.3) is 0 Å². The van der Waals surface area contributed by atoms with E-state index in [0.717, 1.165) is 49.8 Å². The largest absolute Gasteiger partial charge is 0.383 e. The van der Waals surface area contributed by atoms with E-state index >= 15 is 0 Å². The van der Waals surface area contributed by atoms with E-state index in [2.05, 4.69) is 22.2 Å². The lowest BCUT2D eigenvalue weighted by molar-refractivity contribution is -0.0762. The van der Waals surface area contributed by atoms with Crippen LogP contribution in [0.25, 0.3) is 0 Å². The van der Waals surface area contributed by atoms with Crippen molar-refractivity contribution in [3.05, 3.63) is 23.3 Å². The third-order valence-corrected chi connectivity index (χ3v) is 3.64. The summed E-state index contributed by atoms with van der Waals surface area (Å²) in [4.78, 5) is 9.27. The molecule has 0 aliphatic carbocycles. The van der Waals surface area contributed by atoms with Gasteiger partial charge in [0.1, 0.15) is 5.60 Å². The molecule has 1 unspecified atom stereocenters. The Kier molecular flexibility index (Phi) is 5.46. The van der Waals surface area contributed by atoms with Crippen LogP contribution in [0.15, 0.2) is 6.07 Å². The van der Waals surface area contributed by atoms with Gasteiger partial charge in [-0.25, -0.2) is 9.97 Å². The molecule has 1 saturated heterocycles. The van der Waals surface area contributed by atoms with Crippen LogP contribution in [0, 0.1) is 6.92 Å². The summed E-state index contributed by atoms with van der Waals surface area (Å²) in [6.45, 7) is 7.17. The Labute approximate surface area is 121 Å². The van der Waals surface area contributed by atoms with Crippen molar-refractivity contribution >= 4 is 0 Å². The standard InChI is InChI=1S/C15H25N3O2/c1-12-10-13(11-16-7-9-19-3)18-14(17-12)15(2)6-4-5-8-20-15/h10,16H,4-9,11H2,1-3H3. The van der Waals surface area contributed by atoms with Crippen LogP contribution in [0.4, 0.5) is 0 Å². The lowest BCUT2D eigenvalue weighted by Gasteiger charge is -2.32. The van der Waals surface area contributed by atoms with Crippen LogP contribution < -0.4 is 5.32 Å². The first kappa shape index (κ1) is 15.4. The molecule has 0 amide bonds. The molecule has 1 aliphatic rings. The second kappa shape index (κ2) is 7.11. The van der Waals surface area contributed by atoms with Gasteiger partial charge in [0.05, 0.1) is 12.3 Å². The molecule has 5 heteroatoms. The van der Waals surface area contributed by atoms with Crippen molar-refractivity contribution in [2.24, 2.45) is 0 Å². The molecule has 2 heterocycles. The summed E-state index contributed by atoms with van der Waals surface area (Å²) in [5, 5.41) is 3.32. The summed E-state index contributed by atoms with van der Waals surface area (Å²) < 4.78 is 11.0. The lowest BCUT2D eigenvalue weighted by atomic mass is 9.95. The Hall–Kier alpha value is -1.04. The van der Waals surface area contributed by atoms with Gasteiger partial charge in [-0.2, -0.15) is 0 Å². The number of nitrogens with zero attached hydrogens (tertiary/aromatic N) is 2. The molecule has 1 fully saturated rings. The molecular formula is C15H25N3O2. The SMILES string of the molecule is COCCNCc1cc(C)nc(C2(C)CCCCO2)n1. The first-order chi connectivity index (χ1) is 9.64. The van der Waals surface area contributed by atoms with Gasteiger partial charge in [-0.3, -0.25) is 0 Å². The fraction of sp³-hybridized carbons (Fsp3) is 0.733. The van der Waals surface area contributed by atoms with Gasteiger partial charge >= 0.3 is 0 Å². The molecule has 2 rings (SSSR count).